The summed E-state index contributed by atoms with van der Waals surface area (Å²) in [6, 6.07) is -0.521. The van der Waals surface area contributed by atoms with E-state index in [1.54, 1.807) is 0 Å². The Hall–Kier alpha value is -1.14. The summed E-state index contributed by atoms with van der Waals surface area (Å²) in [6.07, 6.45) is 2.40. The molecule has 0 spiro atoms. The van der Waals surface area contributed by atoms with Crippen molar-refractivity contribution in [2.24, 2.45) is 11.7 Å². The summed E-state index contributed by atoms with van der Waals surface area (Å²) in [7, 11) is 0. The molecule has 2 bridgehead atoms. The van der Waals surface area contributed by atoms with Gasteiger partial charge < -0.3 is 21.1 Å². The molecule has 6 nitrogen and oxygen atoms in total. The molecule has 3 rings (SSSR count). The van der Waals surface area contributed by atoms with Gasteiger partial charge in [-0.2, -0.15) is 0 Å². The number of hydrogen-bond acceptors (Lipinski definition) is 4. The molecule has 2 atom stereocenters. The smallest absolute Gasteiger partial charge is 0.303 e. The highest BCUT2D eigenvalue weighted by atomic mass is 16.4. The second-order valence-electron chi connectivity index (χ2n) is 5.29. The quantitative estimate of drug-likeness (QED) is 0.609. The number of fused-ring (bicyclic) bond motifs is 3. The van der Waals surface area contributed by atoms with E-state index < -0.39 is 12.0 Å². The van der Waals surface area contributed by atoms with Crippen LogP contribution in [-0.4, -0.2) is 53.6 Å². The van der Waals surface area contributed by atoms with Crippen LogP contribution in [0.15, 0.2) is 0 Å². The molecule has 1 amide bonds. The van der Waals surface area contributed by atoms with Crippen LogP contribution in [0.2, 0.25) is 0 Å². The third-order valence-electron chi connectivity index (χ3n) is 3.99. The third kappa shape index (κ3) is 3.20. The summed E-state index contributed by atoms with van der Waals surface area (Å²) in [4.78, 5) is 24.6. The van der Waals surface area contributed by atoms with Gasteiger partial charge in [0.1, 0.15) is 0 Å². The molecule has 0 aromatic rings. The Bertz CT molecular complexity index is 327. The second kappa shape index (κ2) is 5.67. The molecule has 102 valence electrons. The van der Waals surface area contributed by atoms with Gasteiger partial charge in [0.25, 0.3) is 0 Å². The predicted octanol–water partition coefficient (Wildman–Crippen LogP) is -0.611. The number of carbonyl (C=O) groups excluding carboxylic acids is 1. The lowest BCUT2D eigenvalue weighted by molar-refractivity contribution is -0.137. The lowest BCUT2D eigenvalue weighted by Crippen LogP contribution is -2.59. The minimum atomic E-state index is -0.916. The first-order valence-electron chi connectivity index (χ1n) is 6.56. The van der Waals surface area contributed by atoms with E-state index in [-0.39, 0.29) is 24.8 Å². The van der Waals surface area contributed by atoms with Crippen LogP contribution in [0, 0.1) is 5.92 Å². The molecule has 3 aliphatic heterocycles. The van der Waals surface area contributed by atoms with Gasteiger partial charge in [-0.15, -0.1) is 0 Å². The average Bonchev–Trinajstić information content (AvgIpc) is 2.37. The largest absolute Gasteiger partial charge is 0.481 e. The number of piperidine rings is 3. The molecule has 0 aromatic heterocycles. The van der Waals surface area contributed by atoms with Crippen molar-refractivity contribution in [3.8, 4) is 0 Å². The number of nitrogens with one attached hydrogen (secondary N) is 1. The zero-order chi connectivity index (χ0) is 13.1. The number of carboxylic acids is 1. The zero-order valence-electron chi connectivity index (χ0n) is 10.5. The highest BCUT2D eigenvalue weighted by molar-refractivity contribution is 5.82. The van der Waals surface area contributed by atoms with Crippen molar-refractivity contribution in [1.82, 2.24) is 10.2 Å². The van der Waals surface area contributed by atoms with Gasteiger partial charge in [0, 0.05) is 19.0 Å². The Morgan fingerprint density at radius 2 is 2.06 bits per heavy atom. The summed E-state index contributed by atoms with van der Waals surface area (Å²) in [5, 5.41) is 11.5. The fraction of sp³-hybridized carbons (Fsp3) is 0.833. The fourth-order valence-corrected chi connectivity index (χ4v) is 2.83. The van der Waals surface area contributed by atoms with Crippen molar-refractivity contribution in [3.05, 3.63) is 0 Å². The van der Waals surface area contributed by atoms with Gasteiger partial charge in [-0.05, 0) is 38.3 Å². The minimum Gasteiger partial charge on any atom is -0.481 e. The van der Waals surface area contributed by atoms with Gasteiger partial charge in [-0.25, -0.2) is 0 Å². The normalized spacial score (nSPS) is 31.9. The maximum absolute atomic E-state index is 11.9. The average molecular weight is 255 g/mol. The van der Waals surface area contributed by atoms with Crippen molar-refractivity contribution in [3.63, 3.8) is 0 Å². The second-order valence-corrected chi connectivity index (χ2v) is 5.29. The van der Waals surface area contributed by atoms with E-state index >= 15 is 0 Å². The summed E-state index contributed by atoms with van der Waals surface area (Å²) in [5.41, 5.74) is 5.69. The molecule has 3 fully saturated rings. The topological polar surface area (TPSA) is 95.7 Å². The molecule has 0 aliphatic carbocycles. The monoisotopic (exact) mass is 255 g/mol. The Kier molecular flexibility index (Phi) is 4.19. The maximum Gasteiger partial charge on any atom is 0.303 e. The van der Waals surface area contributed by atoms with Gasteiger partial charge in [-0.1, -0.05) is 0 Å². The third-order valence-corrected chi connectivity index (χ3v) is 3.99. The Labute approximate surface area is 107 Å². The zero-order valence-corrected chi connectivity index (χ0v) is 10.5. The van der Waals surface area contributed by atoms with Gasteiger partial charge in [0.2, 0.25) is 5.91 Å². The van der Waals surface area contributed by atoms with Crippen LogP contribution >= 0.6 is 0 Å². The molecule has 2 unspecified atom stereocenters. The highest BCUT2D eigenvalue weighted by Gasteiger charge is 2.35. The van der Waals surface area contributed by atoms with Crippen LogP contribution in [-0.2, 0) is 9.59 Å². The lowest BCUT2D eigenvalue weighted by Gasteiger charge is -2.45. The molecule has 18 heavy (non-hydrogen) atoms. The van der Waals surface area contributed by atoms with Crippen LogP contribution in [0.25, 0.3) is 0 Å². The molecule has 3 saturated heterocycles. The molecule has 6 heteroatoms. The van der Waals surface area contributed by atoms with Crippen LogP contribution < -0.4 is 11.1 Å². The van der Waals surface area contributed by atoms with Crippen molar-refractivity contribution < 1.29 is 14.7 Å². The highest BCUT2D eigenvalue weighted by Crippen LogP contribution is 2.27. The van der Waals surface area contributed by atoms with E-state index in [0.717, 1.165) is 32.5 Å². The molecule has 0 radical (unpaired) electrons. The number of carboxylic acid groups (broad SMARTS) is 1. The van der Waals surface area contributed by atoms with Crippen LogP contribution in [0.3, 0.4) is 0 Å². The summed E-state index contributed by atoms with van der Waals surface area (Å²) in [5.74, 6) is -0.568. The maximum atomic E-state index is 11.9. The molecule has 0 aromatic carbocycles. The molecule has 3 aliphatic rings. The van der Waals surface area contributed by atoms with E-state index in [1.807, 2.05) is 0 Å². The predicted molar refractivity (Wildman–Crippen MR) is 65.9 cm³/mol. The minimum absolute atomic E-state index is 0.0607. The Morgan fingerprint density at radius 3 is 2.56 bits per heavy atom. The Balaban J connectivity index is 1.78. The van der Waals surface area contributed by atoms with Crippen LogP contribution in [0.5, 0.6) is 0 Å². The van der Waals surface area contributed by atoms with Crippen LogP contribution in [0.4, 0.5) is 0 Å². The van der Waals surface area contributed by atoms with Crippen molar-refractivity contribution in [2.75, 3.05) is 19.6 Å². The summed E-state index contributed by atoms with van der Waals surface area (Å²) < 4.78 is 0. The van der Waals surface area contributed by atoms with Crippen molar-refractivity contribution >= 4 is 11.9 Å². The molecular formula is C12H21N3O3. The number of nitrogens with zero attached hydrogens (tertiary/aromatic N) is 1. The van der Waals surface area contributed by atoms with E-state index in [0.29, 0.717) is 5.92 Å². The number of amides is 1. The first kappa shape index (κ1) is 13.3. The van der Waals surface area contributed by atoms with E-state index in [2.05, 4.69) is 10.2 Å². The molecular weight excluding hydrogens is 234 g/mol. The first-order chi connectivity index (χ1) is 8.56. The van der Waals surface area contributed by atoms with Crippen molar-refractivity contribution in [1.29, 1.82) is 0 Å². The van der Waals surface area contributed by atoms with Gasteiger partial charge >= 0.3 is 5.97 Å². The van der Waals surface area contributed by atoms with Crippen molar-refractivity contribution in [2.45, 2.75) is 37.8 Å². The van der Waals surface area contributed by atoms with Gasteiger partial charge in [0.05, 0.1) is 6.04 Å². The Morgan fingerprint density at radius 1 is 1.39 bits per heavy atom. The first-order valence-corrected chi connectivity index (χ1v) is 6.56. The fourth-order valence-electron chi connectivity index (χ4n) is 2.83. The van der Waals surface area contributed by atoms with Gasteiger partial charge in [-0.3, -0.25) is 9.59 Å². The lowest BCUT2D eigenvalue weighted by atomic mass is 9.84. The molecule has 3 heterocycles. The molecule has 0 saturated carbocycles. The summed E-state index contributed by atoms with van der Waals surface area (Å²) in [6.45, 7) is 3.16. The van der Waals surface area contributed by atoms with E-state index in [4.69, 9.17) is 10.8 Å². The van der Waals surface area contributed by atoms with E-state index in [1.165, 1.54) is 0 Å². The molecule has 4 N–H and O–H groups in total. The number of carbonyl (C=O) groups is 2. The van der Waals surface area contributed by atoms with Crippen LogP contribution in [0.1, 0.15) is 25.7 Å². The van der Waals surface area contributed by atoms with E-state index in [9.17, 15) is 9.59 Å². The number of aliphatic carboxylic acids is 1. The number of rotatable bonds is 5. The SMILES string of the molecule is NC(CCC(=O)O)C(=O)NC1CN2CCC1CC2. The summed E-state index contributed by atoms with van der Waals surface area (Å²) >= 11 is 0. The standard InChI is InChI=1S/C12H21N3O3/c13-9(1-2-11(16)17)12(18)14-10-7-15-5-3-8(10)4-6-15/h8-10H,1-7,13H2,(H,14,18)(H,16,17). The van der Waals surface area contributed by atoms with Gasteiger partial charge in [0.15, 0.2) is 0 Å². The number of hydrogen-bond donors (Lipinski definition) is 3. The number of nitrogens with two attached hydrogens (primary N) is 1.